The van der Waals surface area contributed by atoms with E-state index in [1.54, 1.807) is 0 Å². The van der Waals surface area contributed by atoms with Crippen LogP contribution in [0, 0.1) is 22.7 Å². The fourth-order valence-electron chi connectivity index (χ4n) is 8.20. The average Bonchev–Trinajstić information content (AvgIpc) is 3.45. The zero-order chi connectivity index (χ0) is 36.6. The maximum absolute atomic E-state index is 9.12. The van der Waals surface area contributed by atoms with Crippen molar-refractivity contribution >= 4 is 25.3 Å². The largest absolute Gasteiger partial charge is 0.192 e. The van der Waals surface area contributed by atoms with E-state index in [9.17, 15) is 0 Å². The van der Waals surface area contributed by atoms with Crippen LogP contribution in [0.25, 0.3) is 33.4 Å². The number of fused-ring (bicyclic) bond motifs is 3. The standard InChI is InChI=1S/C49H44N2S2/c50-33-37-13-21-41(22-14-37)39-17-9-35(10-18-39)7-3-1-5-29-49(47-31-43(52)25-27-45(47)46-28-26-44(53)32-48(46)49)30-6-2-4-8-36-11-19-40(20-12-36)42-23-15-38(34-51)16-24-42/h9-28,31-32,52-53H,1-8,29-30H2. The third-order valence-corrected chi connectivity index (χ3v) is 11.6. The van der Waals surface area contributed by atoms with Gasteiger partial charge in [-0.2, -0.15) is 10.5 Å². The number of aryl methyl sites for hydroxylation is 2. The Hall–Kier alpha value is -5.00. The minimum Gasteiger partial charge on any atom is -0.192 e. The van der Waals surface area contributed by atoms with Gasteiger partial charge in [-0.1, -0.05) is 111 Å². The van der Waals surface area contributed by atoms with E-state index >= 15 is 0 Å². The van der Waals surface area contributed by atoms with Crippen molar-refractivity contribution in [2.45, 2.75) is 79.4 Å². The molecule has 6 aromatic carbocycles. The molecule has 0 aromatic heterocycles. The summed E-state index contributed by atoms with van der Waals surface area (Å²) in [5.74, 6) is 0. The maximum Gasteiger partial charge on any atom is 0.0991 e. The lowest BCUT2D eigenvalue weighted by Gasteiger charge is -2.33. The van der Waals surface area contributed by atoms with E-state index in [0.29, 0.717) is 11.1 Å². The Morgan fingerprint density at radius 2 is 0.774 bits per heavy atom. The summed E-state index contributed by atoms with van der Waals surface area (Å²) in [7, 11) is 0. The normalized spacial score (nSPS) is 12.5. The molecule has 0 unspecified atom stereocenters. The van der Waals surface area contributed by atoms with E-state index in [2.05, 4.69) is 97.1 Å². The van der Waals surface area contributed by atoms with Crippen LogP contribution >= 0.6 is 25.3 Å². The molecular formula is C49H44N2S2. The molecule has 1 aliphatic carbocycles. The predicted octanol–water partition coefficient (Wildman–Crippen LogP) is 13.2. The number of hydrogen-bond acceptors (Lipinski definition) is 4. The number of hydrogen-bond donors (Lipinski definition) is 2. The van der Waals surface area contributed by atoms with E-state index < -0.39 is 0 Å². The molecule has 0 fully saturated rings. The minimum absolute atomic E-state index is 0.0341. The molecule has 262 valence electrons. The number of unbranched alkanes of at least 4 members (excludes halogenated alkanes) is 4. The van der Waals surface area contributed by atoms with Crippen molar-refractivity contribution in [2.24, 2.45) is 0 Å². The first-order chi connectivity index (χ1) is 26.0. The predicted molar refractivity (Wildman–Crippen MR) is 225 cm³/mol. The summed E-state index contributed by atoms with van der Waals surface area (Å²) in [4.78, 5) is 2.06. The Bertz CT molecular complexity index is 2090. The van der Waals surface area contributed by atoms with Crippen molar-refractivity contribution in [2.75, 3.05) is 0 Å². The third-order valence-electron chi connectivity index (χ3n) is 11.1. The quantitative estimate of drug-likeness (QED) is 0.0868. The molecule has 1 aliphatic rings. The monoisotopic (exact) mass is 724 g/mol. The number of nitrogens with zero attached hydrogens (tertiary/aromatic N) is 2. The Kier molecular flexibility index (Phi) is 11.5. The molecule has 0 spiro atoms. The summed E-state index contributed by atoms with van der Waals surface area (Å²) >= 11 is 9.66. The molecule has 0 saturated heterocycles. The van der Waals surface area contributed by atoms with E-state index in [1.165, 1.54) is 70.2 Å². The highest BCUT2D eigenvalue weighted by Crippen LogP contribution is 2.55. The molecule has 0 heterocycles. The molecule has 6 aromatic rings. The van der Waals surface area contributed by atoms with E-state index in [-0.39, 0.29) is 5.41 Å². The summed E-state index contributed by atoms with van der Waals surface area (Å²) in [6, 6.07) is 51.3. The van der Waals surface area contributed by atoms with Crippen LogP contribution in [-0.2, 0) is 18.3 Å². The number of rotatable bonds is 14. The fraction of sp³-hybridized carbons (Fsp3) is 0.224. The lowest BCUT2D eigenvalue weighted by Crippen LogP contribution is -2.25. The Balaban J connectivity index is 0.987. The second-order valence-electron chi connectivity index (χ2n) is 14.4. The first kappa shape index (κ1) is 36.4. The van der Waals surface area contributed by atoms with Crippen LogP contribution in [0.2, 0.25) is 0 Å². The minimum atomic E-state index is -0.0341. The highest BCUT2D eigenvalue weighted by molar-refractivity contribution is 7.80. The summed E-state index contributed by atoms with van der Waals surface area (Å²) in [5, 5.41) is 18.2. The molecule has 2 nitrogen and oxygen atoms in total. The molecule has 0 radical (unpaired) electrons. The maximum atomic E-state index is 9.12. The van der Waals surface area contributed by atoms with Gasteiger partial charge in [-0.25, -0.2) is 0 Å². The van der Waals surface area contributed by atoms with Gasteiger partial charge in [0.1, 0.15) is 0 Å². The lowest BCUT2D eigenvalue weighted by molar-refractivity contribution is 0.401. The number of benzene rings is 6. The SMILES string of the molecule is N#Cc1ccc(-c2ccc(CCCCCC3(CCCCCc4ccc(-c5ccc(C#N)cc5)cc4)c4cc(S)ccc4-c4ccc(S)cc43)cc2)cc1. The molecular weight excluding hydrogens is 681 g/mol. The Morgan fingerprint density at radius 3 is 1.13 bits per heavy atom. The van der Waals surface area contributed by atoms with E-state index in [4.69, 9.17) is 35.8 Å². The smallest absolute Gasteiger partial charge is 0.0991 e. The van der Waals surface area contributed by atoms with Gasteiger partial charge in [-0.3, -0.25) is 0 Å². The van der Waals surface area contributed by atoms with Gasteiger partial charge in [0.05, 0.1) is 23.3 Å². The van der Waals surface area contributed by atoms with Crippen molar-refractivity contribution in [3.63, 3.8) is 0 Å². The lowest BCUT2D eigenvalue weighted by atomic mass is 9.70. The molecule has 53 heavy (non-hydrogen) atoms. The first-order valence-electron chi connectivity index (χ1n) is 18.8. The van der Waals surface area contributed by atoms with Crippen molar-refractivity contribution in [1.82, 2.24) is 0 Å². The Labute approximate surface area is 326 Å². The van der Waals surface area contributed by atoms with Crippen molar-refractivity contribution in [3.05, 3.63) is 167 Å². The molecule has 0 aliphatic heterocycles. The summed E-state index contributed by atoms with van der Waals surface area (Å²) < 4.78 is 0. The first-order valence-corrected chi connectivity index (χ1v) is 19.7. The molecule has 4 heteroatoms. The third kappa shape index (κ3) is 8.31. The van der Waals surface area contributed by atoms with Crippen molar-refractivity contribution in [1.29, 1.82) is 10.5 Å². The average molecular weight is 725 g/mol. The van der Waals surface area contributed by atoms with Crippen LogP contribution in [-0.4, -0.2) is 0 Å². The van der Waals surface area contributed by atoms with Gasteiger partial charge in [0.2, 0.25) is 0 Å². The highest BCUT2D eigenvalue weighted by Gasteiger charge is 2.42. The van der Waals surface area contributed by atoms with Gasteiger partial charge in [0.15, 0.2) is 0 Å². The molecule has 0 atom stereocenters. The zero-order valence-corrected chi connectivity index (χ0v) is 31.9. The van der Waals surface area contributed by atoms with Gasteiger partial charge >= 0.3 is 0 Å². The summed E-state index contributed by atoms with van der Waals surface area (Å²) in [6.45, 7) is 0. The van der Waals surface area contributed by atoms with Crippen LogP contribution < -0.4 is 0 Å². The number of nitriles is 2. The molecule has 0 saturated carbocycles. The van der Waals surface area contributed by atoms with Crippen molar-refractivity contribution in [3.8, 4) is 45.5 Å². The molecule has 0 amide bonds. The van der Waals surface area contributed by atoms with Crippen LogP contribution in [0.1, 0.15) is 84.7 Å². The molecule has 7 rings (SSSR count). The van der Waals surface area contributed by atoms with Crippen LogP contribution in [0.15, 0.2) is 143 Å². The Morgan fingerprint density at radius 1 is 0.415 bits per heavy atom. The molecule has 0 bridgehead atoms. The topological polar surface area (TPSA) is 47.6 Å². The fourth-order valence-corrected chi connectivity index (χ4v) is 8.61. The zero-order valence-electron chi connectivity index (χ0n) is 30.1. The second-order valence-corrected chi connectivity index (χ2v) is 15.5. The highest BCUT2D eigenvalue weighted by atomic mass is 32.1. The van der Waals surface area contributed by atoms with Gasteiger partial charge in [-0.05, 0) is 143 Å². The van der Waals surface area contributed by atoms with Gasteiger partial charge in [-0.15, -0.1) is 25.3 Å². The van der Waals surface area contributed by atoms with Gasteiger partial charge in [0, 0.05) is 15.2 Å². The van der Waals surface area contributed by atoms with Crippen LogP contribution in [0.3, 0.4) is 0 Å². The van der Waals surface area contributed by atoms with Gasteiger partial charge < -0.3 is 0 Å². The van der Waals surface area contributed by atoms with Gasteiger partial charge in [0.25, 0.3) is 0 Å². The summed E-state index contributed by atoms with van der Waals surface area (Å²) in [6.07, 6.45) is 11.4. The van der Waals surface area contributed by atoms with E-state index in [0.717, 1.165) is 59.4 Å². The number of thiol groups is 2. The second kappa shape index (κ2) is 16.8. The van der Waals surface area contributed by atoms with Crippen LogP contribution in [0.5, 0.6) is 0 Å². The van der Waals surface area contributed by atoms with Crippen LogP contribution in [0.4, 0.5) is 0 Å². The van der Waals surface area contributed by atoms with Crippen molar-refractivity contribution < 1.29 is 0 Å². The summed E-state index contributed by atoms with van der Waals surface area (Å²) in [5.41, 5.74) is 14.3. The molecule has 0 N–H and O–H groups in total. The van der Waals surface area contributed by atoms with E-state index in [1.807, 2.05) is 48.5 Å².